The number of fused-ring (bicyclic) bond motifs is 1. The summed E-state index contributed by atoms with van der Waals surface area (Å²) in [6.45, 7) is 1.82. The molecule has 1 N–H and O–H groups in total. The topological polar surface area (TPSA) is 97.6 Å². The molecule has 0 fully saturated rings. The number of ether oxygens (including phenoxy) is 1. The summed E-state index contributed by atoms with van der Waals surface area (Å²) in [5, 5.41) is 3.58. The highest BCUT2D eigenvalue weighted by Crippen LogP contribution is 2.34. The predicted molar refractivity (Wildman–Crippen MR) is 141 cm³/mol. The number of halogens is 3. The van der Waals surface area contributed by atoms with Crippen LogP contribution in [-0.4, -0.2) is 60.0 Å². The van der Waals surface area contributed by atoms with E-state index in [-0.39, 0.29) is 11.7 Å². The number of aromatic nitrogens is 2. The van der Waals surface area contributed by atoms with Crippen molar-refractivity contribution in [3.05, 3.63) is 42.4 Å². The van der Waals surface area contributed by atoms with Crippen LogP contribution < -0.4 is 10.1 Å². The lowest BCUT2D eigenvalue weighted by Crippen LogP contribution is -2.47. The Labute approximate surface area is 225 Å². The maximum absolute atomic E-state index is 13.2. The smallest absolute Gasteiger partial charge is 0.391 e. The zero-order valence-electron chi connectivity index (χ0n) is 22.7. The summed E-state index contributed by atoms with van der Waals surface area (Å²) in [4.78, 5) is 34.7. The van der Waals surface area contributed by atoms with Gasteiger partial charge in [0, 0.05) is 18.2 Å². The van der Waals surface area contributed by atoms with Crippen LogP contribution in [0, 0.1) is 0 Å². The third kappa shape index (κ3) is 8.51. The second-order valence-electron chi connectivity index (χ2n) is 9.65. The number of hydrogen-bond acceptors (Lipinski definition) is 7. The molecule has 0 aliphatic carbocycles. The van der Waals surface area contributed by atoms with Crippen LogP contribution in [0.25, 0.3) is 22.2 Å². The van der Waals surface area contributed by atoms with E-state index in [4.69, 9.17) is 9.15 Å². The Balaban J connectivity index is 1.85. The highest BCUT2D eigenvalue weighted by molar-refractivity contribution is 5.85. The van der Waals surface area contributed by atoms with Crippen LogP contribution in [0.2, 0.25) is 0 Å². The third-order valence-corrected chi connectivity index (χ3v) is 6.48. The molecule has 2 heterocycles. The van der Waals surface area contributed by atoms with Crippen molar-refractivity contribution in [2.45, 2.75) is 70.1 Å². The number of alkyl halides is 3. The number of unbranched alkanes of at least 4 members (excludes halogenated alkanes) is 2. The molecule has 0 aliphatic heterocycles. The largest absolute Gasteiger partial charge is 0.480 e. The van der Waals surface area contributed by atoms with Crippen molar-refractivity contribution in [2.24, 2.45) is 0 Å². The number of hydrogen-bond donors (Lipinski definition) is 1. The molecule has 39 heavy (non-hydrogen) atoms. The van der Waals surface area contributed by atoms with E-state index >= 15 is 0 Å². The van der Waals surface area contributed by atoms with Crippen molar-refractivity contribution >= 4 is 22.6 Å². The number of amides is 1. The Morgan fingerprint density at radius 3 is 2.56 bits per heavy atom. The second-order valence-corrected chi connectivity index (χ2v) is 9.65. The van der Waals surface area contributed by atoms with Crippen LogP contribution in [0.4, 0.5) is 13.2 Å². The maximum Gasteiger partial charge on any atom is 0.391 e. The first-order valence-corrected chi connectivity index (χ1v) is 13.0. The molecule has 0 spiro atoms. The molecule has 0 saturated carbocycles. The fraction of sp³-hybridized carbons (Fsp3) is 0.500. The Morgan fingerprint density at radius 1 is 1.15 bits per heavy atom. The number of carbonyl (C=O) groups excluding carboxylic acids is 2. The quantitative estimate of drug-likeness (QED) is 0.252. The lowest BCUT2D eigenvalue weighted by Gasteiger charge is -2.26. The lowest BCUT2D eigenvalue weighted by molar-refractivity contribution is -0.155. The van der Waals surface area contributed by atoms with E-state index in [1.165, 1.54) is 32.3 Å². The molecule has 212 valence electrons. The summed E-state index contributed by atoms with van der Waals surface area (Å²) < 4.78 is 51.0. The number of carbonyl (C=O) groups is 2. The molecular weight excluding hydrogens is 513 g/mol. The number of Topliss-reactive ketones (excluding diaryl/α,β-unsaturated/α-hetero) is 1. The number of benzene rings is 1. The first kappa shape index (κ1) is 30.1. The number of nitrogens with one attached hydrogen (secondary N) is 1. The number of nitrogens with zero attached hydrogens (tertiary/aromatic N) is 3. The average Bonchev–Trinajstić information content (AvgIpc) is 3.39. The van der Waals surface area contributed by atoms with Gasteiger partial charge in [0.2, 0.25) is 17.7 Å². The normalized spacial score (nSPS) is 13.4. The van der Waals surface area contributed by atoms with E-state index in [1.54, 1.807) is 0 Å². The predicted octanol–water partition coefficient (Wildman–Crippen LogP) is 5.87. The first-order chi connectivity index (χ1) is 18.5. The number of likely N-dealkylation sites (N-methyl/N-ethyl adjacent to an activating group) is 1. The van der Waals surface area contributed by atoms with Crippen LogP contribution in [0.15, 0.2) is 40.9 Å². The van der Waals surface area contributed by atoms with Crippen molar-refractivity contribution in [3.63, 3.8) is 0 Å². The van der Waals surface area contributed by atoms with Gasteiger partial charge in [0.15, 0.2) is 5.76 Å². The van der Waals surface area contributed by atoms with E-state index in [9.17, 15) is 22.8 Å². The number of rotatable bonds is 14. The highest BCUT2D eigenvalue weighted by atomic mass is 19.4. The van der Waals surface area contributed by atoms with E-state index in [0.717, 1.165) is 10.9 Å². The van der Waals surface area contributed by atoms with Crippen molar-refractivity contribution < 1.29 is 31.9 Å². The minimum absolute atomic E-state index is 0.169. The molecule has 3 rings (SSSR count). The molecule has 1 aromatic carbocycles. The summed E-state index contributed by atoms with van der Waals surface area (Å²) in [7, 11) is 4.35. The summed E-state index contributed by atoms with van der Waals surface area (Å²) in [6.07, 6.45) is -0.945. The van der Waals surface area contributed by atoms with Crippen LogP contribution in [0.3, 0.4) is 0 Å². The fourth-order valence-electron chi connectivity index (χ4n) is 4.28. The van der Waals surface area contributed by atoms with Crippen LogP contribution in [0.1, 0.15) is 63.8 Å². The summed E-state index contributed by atoms with van der Waals surface area (Å²) in [6, 6.07) is 7.19. The Bertz CT molecular complexity index is 1260. The molecule has 3 aromatic rings. The van der Waals surface area contributed by atoms with Crippen molar-refractivity contribution in [1.82, 2.24) is 20.2 Å². The Kier molecular flexibility index (Phi) is 10.4. The highest BCUT2D eigenvalue weighted by Gasteiger charge is 2.37. The monoisotopic (exact) mass is 548 g/mol. The number of para-hydroxylation sites is 1. The molecule has 0 bridgehead atoms. The number of methoxy groups -OCH3 is 1. The molecule has 0 saturated heterocycles. The summed E-state index contributed by atoms with van der Waals surface area (Å²) in [5.41, 5.74) is 1.30. The SMILES string of the molecule is CCC(=O)CCCCCC(NC(=O)C(CC(F)(F)F)N(C)C)c1ncc(-c2cc3ccccc3nc2OC)o1. The first-order valence-electron chi connectivity index (χ1n) is 13.0. The van der Waals surface area contributed by atoms with Crippen LogP contribution in [-0.2, 0) is 9.59 Å². The van der Waals surface area contributed by atoms with E-state index in [2.05, 4.69) is 15.3 Å². The van der Waals surface area contributed by atoms with Crippen LogP contribution in [0.5, 0.6) is 5.88 Å². The summed E-state index contributed by atoms with van der Waals surface area (Å²) >= 11 is 0. The average molecular weight is 549 g/mol. The molecule has 0 radical (unpaired) electrons. The van der Waals surface area contributed by atoms with Gasteiger partial charge in [-0.15, -0.1) is 0 Å². The van der Waals surface area contributed by atoms with Crippen LogP contribution >= 0.6 is 0 Å². The number of ketones is 1. The standard InChI is InChI=1S/C28H35F3N4O4/c1-5-19(36)12-7-6-8-14-22(33-25(37)23(35(2)3)16-28(29,30)31)27-32-17-24(39-27)20-15-18-11-9-10-13-21(18)34-26(20)38-4/h9-11,13,15,17,22-23H,5-8,12,14,16H2,1-4H3,(H,33,37). The molecule has 1 amide bonds. The molecule has 2 unspecified atom stereocenters. The number of oxazole rings is 1. The maximum atomic E-state index is 13.2. The third-order valence-electron chi connectivity index (χ3n) is 6.48. The second kappa shape index (κ2) is 13.5. The molecule has 0 aliphatic rings. The zero-order valence-corrected chi connectivity index (χ0v) is 22.7. The zero-order chi connectivity index (χ0) is 28.6. The lowest BCUT2D eigenvalue weighted by atomic mass is 10.0. The molecule has 8 nitrogen and oxygen atoms in total. The van der Waals surface area contributed by atoms with Gasteiger partial charge in [-0.2, -0.15) is 13.2 Å². The van der Waals surface area contributed by atoms with Gasteiger partial charge in [-0.3, -0.25) is 14.5 Å². The summed E-state index contributed by atoms with van der Waals surface area (Å²) in [5.74, 6) is 0.259. The van der Waals surface area contributed by atoms with Crippen molar-refractivity contribution in [2.75, 3.05) is 21.2 Å². The van der Waals surface area contributed by atoms with Gasteiger partial charge in [-0.25, -0.2) is 9.97 Å². The van der Waals surface area contributed by atoms with Gasteiger partial charge >= 0.3 is 6.18 Å². The van der Waals surface area contributed by atoms with E-state index < -0.39 is 30.6 Å². The fourth-order valence-corrected chi connectivity index (χ4v) is 4.28. The molecule has 2 atom stereocenters. The van der Waals surface area contributed by atoms with Crippen molar-refractivity contribution in [3.8, 4) is 17.2 Å². The molecule has 2 aromatic heterocycles. The van der Waals surface area contributed by atoms with Gasteiger partial charge in [-0.1, -0.05) is 38.0 Å². The van der Waals surface area contributed by atoms with Crippen molar-refractivity contribution in [1.29, 1.82) is 0 Å². The van der Waals surface area contributed by atoms with Gasteiger partial charge < -0.3 is 14.5 Å². The van der Waals surface area contributed by atoms with E-state index in [1.807, 2.05) is 37.3 Å². The molecular formula is C28H35F3N4O4. The minimum atomic E-state index is -4.51. The van der Waals surface area contributed by atoms with Gasteiger partial charge in [-0.05, 0) is 39.1 Å². The van der Waals surface area contributed by atoms with Gasteiger partial charge in [0.05, 0.1) is 36.8 Å². The van der Waals surface area contributed by atoms with Gasteiger partial charge in [0.1, 0.15) is 11.8 Å². The Hall–Kier alpha value is -3.47. The Morgan fingerprint density at radius 2 is 1.90 bits per heavy atom. The van der Waals surface area contributed by atoms with Gasteiger partial charge in [0.25, 0.3) is 0 Å². The molecule has 11 heteroatoms. The minimum Gasteiger partial charge on any atom is -0.480 e. The number of pyridine rings is 1. The van der Waals surface area contributed by atoms with E-state index in [0.29, 0.717) is 55.7 Å².